The Bertz CT molecular complexity index is 1420. The average Bonchev–Trinajstić information content (AvgIpc) is 2.87. The van der Waals surface area contributed by atoms with Crippen molar-refractivity contribution in [2.45, 2.75) is 51.9 Å². The Balaban J connectivity index is 1.98. The van der Waals surface area contributed by atoms with Gasteiger partial charge in [-0.15, -0.1) is 0 Å². The van der Waals surface area contributed by atoms with Crippen molar-refractivity contribution < 1.29 is 25.2 Å². The number of alkyl halides is 3. The van der Waals surface area contributed by atoms with Gasteiger partial charge in [0.1, 0.15) is 0 Å². The van der Waals surface area contributed by atoms with Gasteiger partial charge >= 0.3 is 16.3 Å². The molecular weight excluding hydrogens is 517 g/mol. The first-order valence-corrected chi connectivity index (χ1v) is 14.5. The van der Waals surface area contributed by atoms with E-state index in [0.29, 0.717) is 20.8 Å². The van der Waals surface area contributed by atoms with Crippen molar-refractivity contribution >= 4 is 20.4 Å². The fourth-order valence-electron chi connectivity index (χ4n) is 3.90. The molecule has 0 radical (unpaired) electrons. The van der Waals surface area contributed by atoms with Crippen molar-refractivity contribution in [1.29, 1.82) is 0 Å². The molecular formula is C29H27F3O3S2. The summed E-state index contributed by atoms with van der Waals surface area (Å²) in [4.78, 5) is 1.24. The minimum Gasteiger partial charge on any atom is -0.203 e. The largest absolute Gasteiger partial charge is 0.416 e. The predicted molar refractivity (Wildman–Crippen MR) is 140 cm³/mol. The number of halogens is 3. The summed E-state index contributed by atoms with van der Waals surface area (Å²) in [6, 6.07) is 29.0. The van der Waals surface area contributed by atoms with E-state index in [9.17, 15) is 21.6 Å². The van der Waals surface area contributed by atoms with E-state index in [1.54, 1.807) is 48.5 Å². The molecule has 0 bridgehead atoms. The summed E-state index contributed by atoms with van der Waals surface area (Å²) in [5.74, 6) is 0. The quantitative estimate of drug-likeness (QED) is 0.244. The van der Waals surface area contributed by atoms with Gasteiger partial charge in [0, 0.05) is 14.7 Å². The molecule has 0 unspecified atom stereocenters. The highest BCUT2D eigenvalue weighted by Gasteiger charge is 2.39. The molecule has 0 aliphatic rings. The van der Waals surface area contributed by atoms with E-state index in [1.165, 1.54) is 0 Å². The lowest BCUT2D eigenvalue weighted by Crippen LogP contribution is -2.16. The molecule has 8 heteroatoms. The predicted octanol–water partition coefficient (Wildman–Crippen LogP) is 8.61. The Morgan fingerprint density at radius 3 is 1.49 bits per heavy atom. The molecule has 3 nitrogen and oxygen atoms in total. The van der Waals surface area contributed by atoms with E-state index in [0.717, 1.165) is 23.8 Å². The molecule has 0 aliphatic carbocycles. The molecule has 0 spiro atoms. The zero-order valence-corrected chi connectivity index (χ0v) is 22.2. The highest BCUT2D eigenvalue weighted by atomic mass is 32.3. The molecule has 194 valence electrons. The number of hydrogen-bond donors (Lipinski definition) is 0. The van der Waals surface area contributed by atoms with E-state index < -0.39 is 37.1 Å². The van der Waals surface area contributed by atoms with Gasteiger partial charge in [0.15, 0.2) is 0 Å². The molecule has 4 aromatic rings. The van der Waals surface area contributed by atoms with Gasteiger partial charge in [-0.2, -0.15) is 21.6 Å². The fourth-order valence-corrected chi connectivity index (χ4v) is 9.16. The first-order chi connectivity index (χ1) is 17.3. The minimum atomic E-state index is -4.70. The summed E-state index contributed by atoms with van der Waals surface area (Å²) in [7, 11) is -7.56. The number of rotatable bonds is 6. The van der Waals surface area contributed by atoms with Crippen LogP contribution in [-0.2, 0) is 25.3 Å². The third kappa shape index (κ3) is 5.61. The molecule has 0 saturated heterocycles. The molecule has 0 saturated carbocycles. The van der Waals surface area contributed by atoms with Crippen LogP contribution in [-0.4, -0.2) is 8.42 Å². The standard InChI is InChI=1S/C29H27F3O3S2/c1-28(2,3)22-17-19-26(20-18-22)36(24-12-6-4-7-13-24,25-14-8-5-9-15-25)35-37(33,34)27-16-10-11-23(21-27)29(30,31)32/h4-21H,1-3H3. The van der Waals surface area contributed by atoms with Crippen LogP contribution >= 0.6 is 10.3 Å². The van der Waals surface area contributed by atoms with Crippen molar-refractivity contribution in [1.82, 2.24) is 0 Å². The normalized spacial score (nSPS) is 13.4. The van der Waals surface area contributed by atoms with Gasteiger partial charge < -0.3 is 0 Å². The maximum Gasteiger partial charge on any atom is 0.416 e. The number of hydrogen-bond acceptors (Lipinski definition) is 3. The first kappa shape index (κ1) is 27.0. The molecule has 37 heavy (non-hydrogen) atoms. The highest BCUT2D eigenvalue weighted by molar-refractivity contribution is 8.33. The summed E-state index contributed by atoms with van der Waals surface area (Å²) in [5.41, 5.74) is -0.154. The van der Waals surface area contributed by atoms with Crippen molar-refractivity contribution in [3.63, 3.8) is 0 Å². The Labute approximate surface area is 217 Å². The van der Waals surface area contributed by atoms with E-state index >= 15 is 0 Å². The molecule has 0 N–H and O–H groups in total. The summed E-state index contributed by atoms with van der Waals surface area (Å²) in [6.45, 7) is 6.22. The Hall–Kier alpha value is -3.07. The zero-order valence-electron chi connectivity index (χ0n) is 20.6. The van der Waals surface area contributed by atoms with Crippen LogP contribution in [0.5, 0.6) is 0 Å². The maximum atomic E-state index is 13.7. The third-order valence-corrected chi connectivity index (χ3v) is 11.0. The van der Waals surface area contributed by atoms with Crippen LogP contribution in [0.1, 0.15) is 31.9 Å². The highest BCUT2D eigenvalue weighted by Crippen LogP contribution is 2.70. The van der Waals surface area contributed by atoms with E-state index in [1.807, 2.05) is 36.4 Å². The van der Waals surface area contributed by atoms with Crippen molar-refractivity contribution in [3.8, 4) is 0 Å². The van der Waals surface area contributed by atoms with Crippen LogP contribution in [0, 0.1) is 0 Å². The average molecular weight is 545 g/mol. The second-order valence-corrected chi connectivity index (χ2v) is 14.0. The van der Waals surface area contributed by atoms with E-state index in [-0.39, 0.29) is 5.41 Å². The maximum absolute atomic E-state index is 13.7. The third-order valence-electron chi connectivity index (χ3n) is 5.84. The van der Waals surface area contributed by atoms with Crippen LogP contribution < -0.4 is 0 Å². The van der Waals surface area contributed by atoms with Crippen LogP contribution in [0.3, 0.4) is 0 Å². The van der Waals surface area contributed by atoms with Crippen molar-refractivity contribution in [2.24, 2.45) is 0 Å². The second kappa shape index (κ2) is 10.0. The van der Waals surface area contributed by atoms with Crippen LogP contribution in [0.25, 0.3) is 0 Å². The van der Waals surface area contributed by atoms with Gasteiger partial charge in [-0.1, -0.05) is 75.4 Å². The Morgan fingerprint density at radius 2 is 1.03 bits per heavy atom. The van der Waals surface area contributed by atoms with Crippen molar-refractivity contribution in [2.75, 3.05) is 0 Å². The fraction of sp³-hybridized carbons (Fsp3) is 0.172. The molecule has 0 amide bonds. The zero-order chi connectivity index (χ0) is 26.9. The summed E-state index contributed by atoms with van der Waals surface area (Å²) < 4.78 is 73.7. The van der Waals surface area contributed by atoms with Gasteiger partial charge in [-0.05, 0) is 75.9 Å². The van der Waals surface area contributed by atoms with Gasteiger partial charge in [-0.3, -0.25) is 0 Å². The topological polar surface area (TPSA) is 43.4 Å². The van der Waals surface area contributed by atoms with Crippen LogP contribution in [0.4, 0.5) is 13.2 Å². The Morgan fingerprint density at radius 1 is 0.568 bits per heavy atom. The van der Waals surface area contributed by atoms with E-state index in [4.69, 9.17) is 3.63 Å². The molecule has 0 heterocycles. The molecule has 4 rings (SSSR count). The van der Waals surface area contributed by atoms with Gasteiger partial charge in [0.25, 0.3) is 0 Å². The van der Waals surface area contributed by atoms with Crippen LogP contribution in [0.2, 0.25) is 0 Å². The van der Waals surface area contributed by atoms with Gasteiger partial charge in [-0.25, -0.2) is 3.63 Å². The number of benzene rings is 4. The summed E-state index contributed by atoms with van der Waals surface area (Å²) in [5, 5.41) is 0. The summed E-state index contributed by atoms with van der Waals surface area (Å²) in [6.07, 6.45) is -4.70. The smallest absolute Gasteiger partial charge is 0.203 e. The molecule has 0 atom stereocenters. The minimum absolute atomic E-state index is 0.138. The first-order valence-electron chi connectivity index (χ1n) is 11.5. The van der Waals surface area contributed by atoms with Crippen LogP contribution in [0.15, 0.2) is 129 Å². The lowest BCUT2D eigenvalue weighted by molar-refractivity contribution is -0.137. The monoisotopic (exact) mass is 544 g/mol. The van der Waals surface area contributed by atoms with E-state index in [2.05, 4.69) is 20.8 Å². The SMILES string of the molecule is CC(C)(C)c1ccc(S(OS(=O)(=O)c2cccc(C(F)(F)F)c2)(c2ccccc2)c2ccccc2)cc1. The lowest BCUT2D eigenvalue weighted by atomic mass is 9.87. The van der Waals surface area contributed by atoms with Crippen molar-refractivity contribution in [3.05, 3.63) is 120 Å². The van der Waals surface area contributed by atoms with Gasteiger partial charge in [0.05, 0.1) is 10.5 Å². The second-order valence-electron chi connectivity index (χ2n) is 9.50. The molecule has 4 aromatic carbocycles. The Kier molecular flexibility index (Phi) is 7.29. The molecule has 0 fully saturated rings. The molecule has 0 aromatic heterocycles. The summed E-state index contributed by atoms with van der Waals surface area (Å²) >= 11 is 0. The molecule has 0 aliphatic heterocycles. The van der Waals surface area contributed by atoms with Gasteiger partial charge in [0.2, 0.25) is 0 Å². The lowest BCUT2D eigenvalue weighted by Gasteiger charge is -2.39.